The number of ether oxygens (including phenoxy) is 1. The predicted molar refractivity (Wildman–Crippen MR) is 164 cm³/mol. The normalized spacial score (nSPS) is 34.6. The van der Waals surface area contributed by atoms with Crippen LogP contribution in [-0.4, -0.2) is 50.5 Å². The molecule has 3 aliphatic carbocycles. The number of carbonyl (C=O) groups is 1. The van der Waals surface area contributed by atoms with Crippen LogP contribution in [0, 0.1) is 17.8 Å². The summed E-state index contributed by atoms with van der Waals surface area (Å²) in [7, 11) is -3.86. The highest BCUT2D eigenvalue weighted by molar-refractivity contribution is 7.90. The van der Waals surface area contributed by atoms with E-state index in [9.17, 15) is 18.3 Å². The molecule has 2 bridgehead atoms. The Balaban J connectivity index is 1.29. The van der Waals surface area contributed by atoms with Crippen molar-refractivity contribution in [3.63, 3.8) is 0 Å². The molecule has 7 rings (SSSR count). The summed E-state index contributed by atoms with van der Waals surface area (Å²) in [6, 6.07) is 11.5. The molecule has 0 saturated heterocycles. The summed E-state index contributed by atoms with van der Waals surface area (Å²) >= 11 is 6.39. The van der Waals surface area contributed by atoms with Gasteiger partial charge in [-0.25, -0.2) is 13.1 Å². The minimum Gasteiger partial charge on any atom is -0.490 e. The number of benzene rings is 2. The molecule has 2 aliphatic heterocycles. The van der Waals surface area contributed by atoms with E-state index in [0.29, 0.717) is 43.2 Å². The molecule has 1 amide bonds. The van der Waals surface area contributed by atoms with Gasteiger partial charge in [0, 0.05) is 29.1 Å². The number of allylic oxidation sites excluding steroid dienone is 1. The fourth-order valence-corrected chi connectivity index (χ4v) is 10.2. The minimum absolute atomic E-state index is 0.0655. The second-order valence-corrected chi connectivity index (χ2v) is 15.5. The molecule has 2 N–H and O–H groups in total. The van der Waals surface area contributed by atoms with Gasteiger partial charge in [-0.3, -0.25) is 4.79 Å². The van der Waals surface area contributed by atoms with E-state index in [1.807, 2.05) is 24.3 Å². The zero-order chi connectivity index (χ0) is 29.1. The third-order valence-corrected chi connectivity index (χ3v) is 12.8. The van der Waals surface area contributed by atoms with Crippen molar-refractivity contribution in [2.45, 2.75) is 74.6 Å². The molecule has 6 atom stereocenters. The fraction of sp³-hybridized carbons (Fsp3) is 0.545. The molecule has 42 heavy (non-hydrogen) atoms. The third kappa shape index (κ3) is 5.03. The third-order valence-electron chi connectivity index (χ3n) is 10.7. The molecule has 224 valence electrons. The van der Waals surface area contributed by atoms with Gasteiger partial charge in [0.15, 0.2) is 0 Å². The number of hydrogen-bond donors (Lipinski definition) is 2. The van der Waals surface area contributed by atoms with Crippen molar-refractivity contribution in [3.8, 4) is 5.75 Å². The Morgan fingerprint density at radius 3 is 2.76 bits per heavy atom. The number of nitrogens with zero attached hydrogens (tertiary/aromatic N) is 1. The van der Waals surface area contributed by atoms with Gasteiger partial charge in [0.2, 0.25) is 10.0 Å². The van der Waals surface area contributed by atoms with Gasteiger partial charge in [-0.05, 0) is 111 Å². The molecule has 0 radical (unpaired) electrons. The Morgan fingerprint density at radius 2 is 1.93 bits per heavy atom. The summed E-state index contributed by atoms with van der Waals surface area (Å²) in [6.07, 6.45) is 11.0. The van der Waals surface area contributed by atoms with E-state index in [2.05, 4.69) is 21.8 Å². The molecular formula is C33H39ClN2O5S. The summed E-state index contributed by atoms with van der Waals surface area (Å²) in [5.74, 6) is 0.472. The standard InChI is InChI=1S/C33H39ClN2O5S/c34-25-11-13-27-22(16-25)6-3-15-33(27)19-36-18-24-9-12-26(24)29(37)7-1-4-21-5-2-8-31(21)42(39,40)35-32(38)23-10-14-30(41-20-33)28(36)17-23/h1,7,10-11,13-14,16-17,21,24,26,29,31,37H,2-6,8-9,12,15,18-20H2,(H,35,38)/b7-1-/t21-,24-,26+,29-,31+,33-/m0/s1. The highest BCUT2D eigenvalue weighted by atomic mass is 35.5. The quantitative estimate of drug-likeness (QED) is 0.389. The lowest BCUT2D eigenvalue weighted by Crippen LogP contribution is -2.49. The summed E-state index contributed by atoms with van der Waals surface area (Å²) in [6.45, 7) is 1.94. The molecule has 5 aliphatic rings. The number of sulfonamides is 1. The first-order chi connectivity index (χ1) is 20.2. The lowest BCUT2D eigenvalue weighted by Gasteiger charge is -2.45. The average Bonchev–Trinajstić information content (AvgIpc) is 3.37. The number of halogens is 1. The van der Waals surface area contributed by atoms with E-state index < -0.39 is 27.3 Å². The van der Waals surface area contributed by atoms with Crippen molar-refractivity contribution in [1.82, 2.24) is 4.72 Å². The number of aliphatic hydroxyl groups excluding tert-OH is 1. The van der Waals surface area contributed by atoms with Crippen LogP contribution in [0.4, 0.5) is 5.69 Å². The van der Waals surface area contributed by atoms with Crippen molar-refractivity contribution >= 4 is 33.2 Å². The number of anilines is 1. The number of aliphatic hydroxyl groups is 1. The Morgan fingerprint density at radius 1 is 1.05 bits per heavy atom. The number of fused-ring (bicyclic) bond motifs is 5. The fourth-order valence-electron chi connectivity index (χ4n) is 8.29. The van der Waals surface area contributed by atoms with E-state index in [1.54, 1.807) is 12.1 Å². The van der Waals surface area contributed by atoms with Crippen LogP contribution in [0.3, 0.4) is 0 Å². The average molecular weight is 611 g/mol. The smallest absolute Gasteiger partial charge is 0.264 e. The molecule has 2 fully saturated rings. The number of rotatable bonds is 0. The Kier molecular flexibility index (Phi) is 7.30. The van der Waals surface area contributed by atoms with Crippen LogP contribution in [0.5, 0.6) is 5.75 Å². The summed E-state index contributed by atoms with van der Waals surface area (Å²) in [4.78, 5) is 15.8. The van der Waals surface area contributed by atoms with Crippen molar-refractivity contribution in [3.05, 3.63) is 70.3 Å². The number of carbonyl (C=O) groups excluding carboxylic acids is 1. The van der Waals surface area contributed by atoms with Crippen LogP contribution in [0.25, 0.3) is 0 Å². The van der Waals surface area contributed by atoms with Crippen LogP contribution >= 0.6 is 11.6 Å². The summed E-state index contributed by atoms with van der Waals surface area (Å²) in [5.41, 5.74) is 3.39. The first kappa shape index (κ1) is 28.2. The molecular weight excluding hydrogens is 572 g/mol. The summed E-state index contributed by atoms with van der Waals surface area (Å²) in [5, 5.41) is 11.3. The largest absolute Gasteiger partial charge is 0.490 e. The molecule has 9 heteroatoms. The predicted octanol–water partition coefficient (Wildman–Crippen LogP) is 5.39. The molecule has 2 aromatic carbocycles. The number of hydrogen-bond acceptors (Lipinski definition) is 6. The van der Waals surface area contributed by atoms with Crippen LogP contribution in [0.15, 0.2) is 48.6 Å². The molecule has 1 spiro atoms. The SMILES string of the molecule is O=C1NS(=O)(=O)[C@@H]2CCC[C@@H]2C/C=C\[C@H](O)[C@@H]2CC[C@H]2CN2C[C@@]3(CCCc4cc(Cl)ccc43)COc3ccc1cc32. The number of aryl methyl sites for hydroxylation is 1. The Labute approximate surface area is 253 Å². The van der Waals surface area contributed by atoms with Crippen molar-refractivity contribution in [1.29, 1.82) is 0 Å². The highest BCUT2D eigenvalue weighted by Gasteiger charge is 2.44. The number of amides is 1. The zero-order valence-electron chi connectivity index (χ0n) is 23.8. The first-order valence-electron chi connectivity index (χ1n) is 15.4. The molecule has 2 saturated carbocycles. The van der Waals surface area contributed by atoms with Gasteiger partial charge >= 0.3 is 0 Å². The van der Waals surface area contributed by atoms with Gasteiger partial charge in [-0.15, -0.1) is 0 Å². The van der Waals surface area contributed by atoms with Crippen molar-refractivity contribution < 1.29 is 23.1 Å². The van der Waals surface area contributed by atoms with Gasteiger partial charge < -0.3 is 14.7 Å². The van der Waals surface area contributed by atoms with Crippen LogP contribution < -0.4 is 14.4 Å². The van der Waals surface area contributed by atoms with Crippen molar-refractivity contribution in [2.24, 2.45) is 17.8 Å². The second-order valence-electron chi connectivity index (χ2n) is 13.1. The molecule has 0 aromatic heterocycles. The topological polar surface area (TPSA) is 95.9 Å². The van der Waals surface area contributed by atoms with Gasteiger partial charge in [0.25, 0.3) is 5.91 Å². The first-order valence-corrected chi connectivity index (χ1v) is 17.4. The van der Waals surface area contributed by atoms with Gasteiger partial charge in [0.05, 0.1) is 23.6 Å². The monoisotopic (exact) mass is 610 g/mol. The Bertz CT molecular complexity index is 1530. The Hall–Kier alpha value is -2.55. The van der Waals surface area contributed by atoms with Crippen LogP contribution in [0.2, 0.25) is 5.02 Å². The molecule has 0 unspecified atom stereocenters. The minimum atomic E-state index is -3.86. The van der Waals surface area contributed by atoms with E-state index in [1.165, 1.54) is 11.1 Å². The maximum Gasteiger partial charge on any atom is 0.264 e. The molecule has 7 nitrogen and oxygen atoms in total. The van der Waals surface area contributed by atoms with E-state index >= 15 is 0 Å². The van der Waals surface area contributed by atoms with Crippen molar-refractivity contribution in [2.75, 3.05) is 24.6 Å². The van der Waals surface area contributed by atoms with Gasteiger partial charge in [-0.1, -0.05) is 36.2 Å². The maximum absolute atomic E-state index is 13.4. The van der Waals surface area contributed by atoms with Crippen LogP contribution in [-0.2, 0) is 21.9 Å². The lowest BCUT2D eigenvalue weighted by molar-refractivity contribution is 0.0455. The highest BCUT2D eigenvalue weighted by Crippen LogP contribution is 2.47. The second kappa shape index (κ2) is 10.9. The van der Waals surface area contributed by atoms with E-state index in [4.69, 9.17) is 16.3 Å². The maximum atomic E-state index is 13.4. The molecule has 2 aromatic rings. The van der Waals surface area contributed by atoms with Gasteiger partial charge in [-0.2, -0.15) is 0 Å². The van der Waals surface area contributed by atoms with E-state index in [-0.39, 0.29) is 17.3 Å². The summed E-state index contributed by atoms with van der Waals surface area (Å²) < 4.78 is 35.7. The molecule has 2 heterocycles. The lowest BCUT2D eigenvalue weighted by atomic mass is 9.68. The zero-order valence-corrected chi connectivity index (χ0v) is 25.4. The van der Waals surface area contributed by atoms with Gasteiger partial charge in [0.1, 0.15) is 5.75 Å². The van der Waals surface area contributed by atoms with Crippen LogP contribution in [0.1, 0.15) is 72.9 Å². The number of nitrogens with one attached hydrogen (secondary N) is 1. The van der Waals surface area contributed by atoms with E-state index in [0.717, 1.165) is 62.2 Å².